The van der Waals surface area contributed by atoms with Crippen molar-refractivity contribution in [2.75, 3.05) is 13.7 Å². The van der Waals surface area contributed by atoms with E-state index in [0.717, 1.165) is 37.8 Å². The number of likely N-dealkylation sites (tertiary alicyclic amines) is 1. The zero-order chi connectivity index (χ0) is 12.1. The largest absolute Gasteiger partial charge is 0.354 e. The maximum atomic E-state index is 9.34. The third-order valence-corrected chi connectivity index (χ3v) is 3.52. The van der Waals surface area contributed by atoms with Gasteiger partial charge < -0.3 is 4.74 Å². The number of nitriles is 1. The van der Waals surface area contributed by atoms with E-state index in [1.165, 1.54) is 0 Å². The minimum atomic E-state index is -0.563. The second-order valence-corrected chi connectivity index (χ2v) is 4.42. The quantitative estimate of drug-likeness (QED) is 0.733. The SMILES string of the molecule is COC1(c2ccccc2)CCCCCN1C#N. The Kier molecular flexibility index (Phi) is 3.65. The summed E-state index contributed by atoms with van der Waals surface area (Å²) in [7, 11) is 1.70. The number of hydrogen-bond donors (Lipinski definition) is 0. The Labute approximate surface area is 103 Å². The molecule has 3 heteroatoms. The Balaban J connectivity index is 2.43. The van der Waals surface area contributed by atoms with Gasteiger partial charge >= 0.3 is 0 Å². The van der Waals surface area contributed by atoms with E-state index in [4.69, 9.17) is 4.74 Å². The first-order valence-electron chi connectivity index (χ1n) is 6.11. The molecular weight excluding hydrogens is 212 g/mol. The first-order chi connectivity index (χ1) is 8.33. The fraction of sp³-hybridized carbons (Fsp3) is 0.500. The van der Waals surface area contributed by atoms with Gasteiger partial charge in [0.1, 0.15) is 0 Å². The summed E-state index contributed by atoms with van der Waals surface area (Å²) in [5.74, 6) is 0. The Morgan fingerprint density at radius 2 is 2.00 bits per heavy atom. The molecule has 1 aromatic rings. The van der Waals surface area contributed by atoms with Gasteiger partial charge in [-0.3, -0.25) is 4.90 Å². The van der Waals surface area contributed by atoms with E-state index in [9.17, 15) is 5.26 Å². The molecule has 0 radical (unpaired) electrons. The van der Waals surface area contributed by atoms with Crippen LogP contribution in [0.4, 0.5) is 0 Å². The number of hydrogen-bond acceptors (Lipinski definition) is 3. The van der Waals surface area contributed by atoms with Gasteiger partial charge in [0.2, 0.25) is 0 Å². The van der Waals surface area contributed by atoms with Crippen LogP contribution in [-0.2, 0) is 10.5 Å². The lowest BCUT2D eigenvalue weighted by Gasteiger charge is -2.38. The molecule has 0 saturated carbocycles. The number of methoxy groups -OCH3 is 1. The second kappa shape index (κ2) is 5.20. The van der Waals surface area contributed by atoms with Crippen molar-refractivity contribution in [2.24, 2.45) is 0 Å². The third-order valence-electron chi connectivity index (χ3n) is 3.52. The molecule has 1 aromatic carbocycles. The van der Waals surface area contributed by atoms with Crippen molar-refractivity contribution in [1.29, 1.82) is 5.26 Å². The molecule has 1 aliphatic rings. The maximum absolute atomic E-state index is 9.34. The summed E-state index contributed by atoms with van der Waals surface area (Å²) in [4.78, 5) is 1.79. The Morgan fingerprint density at radius 1 is 1.24 bits per heavy atom. The molecule has 1 heterocycles. The maximum Gasteiger partial charge on any atom is 0.182 e. The third kappa shape index (κ3) is 2.13. The second-order valence-electron chi connectivity index (χ2n) is 4.42. The van der Waals surface area contributed by atoms with Crippen LogP contribution in [0.2, 0.25) is 0 Å². The molecule has 0 bridgehead atoms. The zero-order valence-electron chi connectivity index (χ0n) is 10.2. The van der Waals surface area contributed by atoms with Gasteiger partial charge in [0.05, 0.1) is 0 Å². The number of nitrogens with zero attached hydrogens (tertiary/aromatic N) is 2. The molecular formula is C14H18N2O. The van der Waals surface area contributed by atoms with E-state index >= 15 is 0 Å². The van der Waals surface area contributed by atoms with Crippen molar-refractivity contribution >= 4 is 0 Å². The van der Waals surface area contributed by atoms with E-state index in [1.807, 2.05) is 30.3 Å². The summed E-state index contributed by atoms with van der Waals surface area (Å²) in [6, 6.07) is 10.1. The summed E-state index contributed by atoms with van der Waals surface area (Å²) in [5, 5.41) is 9.34. The van der Waals surface area contributed by atoms with Crippen LogP contribution >= 0.6 is 0 Å². The Bertz CT molecular complexity index is 398. The van der Waals surface area contributed by atoms with Crippen LogP contribution in [0.1, 0.15) is 31.2 Å². The van der Waals surface area contributed by atoms with Crippen LogP contribution in [0.3, 0.4) is 0 Å². The first kappa shape index (κ1) is 11.9. The molecule has 1 saturated heterocycles. The summed E-state index contributed by atoms with van der Waals surface area (Å²) in [6.45, 7) is 0.777. The predicted octanol–water partition coefficient (Wildman–Crippen LogP) is 2.84. The van der Waals surface area contributed by atoms with Gasteiger partial charge in [-0.05, 0) is 12.8 Å². The molecule has 1 fully saturated rings. The van der Waals surface area contributed by atoms with E-state index < -0.39 is 5.72 Å². The van der Waals surface area contributed by atoms with Crippen LogP contribution in [0.15, 0.2) is 30.3 Å². The summed E-state index contributed by atoms with van der Waals surface area (Å²) in [6.07, 6.45) is 6.49. The van der Waals surface area contributed by atoms with Crippen LogP contribution in [0.5, 0.6) is 0 Å². The molecule has 0 N–H and O–H groups in total. The molecule has 0 aliphatic carbocycles. The minimum Gasteiger partial charge on any atom is -0.354 e. The monoisotopic (exact) mass is 230 g/mol. The van der Waals surface area contributed by atoms with Crippen molar-refractivity contribution in [3.05, 3.63) is 35.9 Å². The average Bonchev–Trinajstić information content (AvgIpc) is 2.62. The van der Waals surface area contributed by atoms with Crippen LogP contribution in [-0.4, -0.2) is 18.6 Å². The molecule has 90 valence electrons. The molecule has 2 rings (SSSR count). The van der Waals surface area contributed by atoms with Crippen molar-refractivity contribution in [2.45, 2.75) is 31.4 Å². The standard InChI is InChI=1S/C14H18N2O/c1-17-14(13-8-4-2-5-9-13)10-6-3-7-11-16(14)12-15/h2,4-5,8-9H,3,6-7,10-11H2,1H3. The van der Waals surface area contributed by atoms with Gasteiger partial charge in [0.25, 0.3) is 0 Å². The molecule has 1 aliphatic heterocycles. The molecule has 1 atom stereocenters. The van der Waals surface area contributed by atoms with Crippen LogP contribution < -0.4 is 0 Å². The molecule has 0 amide bonds. The summed E-state index contributed by atoms with van der Waals surface area (Å²) < 4.78 is 5.75. The summed E-state index contributed by atoms with van der Waals surface area (Å²) in [5.41, 5.74) is 0.512. The molecule has 0 aromatic heterocycles. The predicted molar refractivity (Wildman–Crippen MR) is 65.9 cm³/mol. The van der Waals surface area contributed by atoms with E-state index in [2.05, 4.69) is 6.19 Å². The van der Waals surface area contributed by atoms with Gasteiger partial charge in [0.15, 0.2) is 11.9 Å². The lowest BCUT2D eigenvalue weighted by atomic mass is 9.96. The van der Waals surface area contributed by atoms with Crippen molar-refractivity contribution in [1.82, 2.24) is 4.90 Å². The highest BCUT2D eigenvalue weighted by Gasteiger charge is 2.39. The van der Waals surface area contributed by atoms with Crippen molar-refractivity contribution in [3.8, 4) is 6.19 Å². The van der Waals surface area contributed by atoms with E-state index in [-0.39, 0.29) is 0 Å². The molecule has 1 unspecified atom stereocenters. The molecule has 0 spiro atoms. The van der Waals surface area contributed by atoms with Gasteiger partial charge in [0, 0.05) is 25.6 Å². The fourth-order valence-corrected chi connectivity index (χ4v) is 2.59. The molecule has 3 nitrogen and oxygen atoms in total. The van der Waals surface area contributed by atoms with Crippen molar-refractivity contribution in [3.63, 3.8) is 0 Å². The van der Waals surface area contributed by atoms with Gasteiger partial charge in [-0.25, -0.2) is 0 Å². The van der Waals surface area contributed by atoms with E-state index in [1.54, 1.807) is 12.0 Å². The first-order valence-corrected chi connectivity index (χ1v) is 6.11. The topological polar surface area (TPSA) is 36.3 Å². The van der Waals surface area contributed by atoms with E-state index in [0.29, 0.717) is 0 Å². The van der Waals surface area contributed by atoms with Crippen molar-refractivity contribution < 1.29 is 4.74 Å². The highest BCUT2D eigenvalue weighted by atomic mass is 16.5. The fourth-order valence-electron chi connectivity index (χ4n) is 2.59. The number of benzene rings is 1. The number of rotatable bonds is 2. The van der Waals surface area contributed by atoms with Crippen LogP contribution in [0.25, 0.3) is 0 Å². The van der Waals surface area contributed by atoms with Gasteiger partial charge in [-0.1, -0.05) is 36.8 Å². The average molecular weight is 230 g/mol. The molecule has 17 heavy (non-hydrogen) atoms. The minimum absolute atomic E-state index is 0.563. The lowest BCUT2D eigenvalue weighted by molar-refractivity contribution is -0.119. The Morgan fingerprint density at radius 3 is 2.65 bits per heavy atom. The van der Waals surface area contributed by atoms with Gasteiger partial charge in [-0.2, -0.15) is 5.26 Å². The highest BCUT2D eigenvalue weighted by molar-refractivity contribution is 5.23. The zero-order valence-corrected chi connectivity index (χ0v) is 10.2. The number of ether oxygens (including phenoxy) is 1. The lowest BCUT2D eigenvalue weighted by Crippen LogP contribution is -2.44. The summed E-state index contributed by atoms with van der Waals surface area (Å²) >= 11 is 0. The Hall–Kier alpha value is -1.53. The highest BCUT2D eigenvalue weighted by Crippen LogP contribution is 2.36. The van der Waals surface area contributed by atoms with Gasteiger partial charge in [-0.15, -0.1) is 0 Å². The normalized spacial score (nSPS) is 25.1. The van der Waals surface area contributed by atoms with Crippen LogP contribution in [0, 0.1) is 11.5 Å². The smallest absolute Gasteiger partial charge is 0.182 e.